The molecular formula is C9H12ClNOS. The van der Waals surface area contributed by atoms with Crippen LogP contribution in [-0.2, 0) is 0 Å². The first-order valence-electron chi connectivity index (χ1n) is 4.69. The van der Waals surface area contributed by atoms with E-state index in [0.717, 1.165) is 24.4 Å². The number of amides is 1. The van der Waals surface area contributed by atoms with Gasteiger partial charge in [0.25, 0.3) is 0 Å². The van der Waals surface area contributed by atoms with Gasteiger partial charge in [0, 0.05) is 12.5 Å². The summed E-state index contributed by atoms with van der Waals surface area (Å²) in [7, 11) is 0. The summed E-state index contributed by atoms with van der Waals surface area (Å²) in [6.07, 6.45) is 4.69. The van der Waals surface area contributed by atoms with Crippen molar-refractivity contribution in [1.29, 1.82) is 0 Å². The lowest BCUT2D eigenvalue weighted by Crippen LogP contribution is -2.34. The zero-order valence-electron chi connectivity index (χ0n) is 7.33. The molecule has 4 heteroatoms. The first kappa shape index (κ1) is 9.41. The van der Waals surface area contributed by atoms with Gasteiger partial charge < -0.3 is 0 Å². The van der Waals surface area contributed by atoms with Gasteiger partial charge in [0.05, 0.1) is 4.99 Å². The summed E-state index contributed by atoms with van der Waals surface area (Å²) >= 11 is 10.7. The van der Waals surface area contributed by atoms with E-state index in [1.54, 1.807) is 4.90 Å². The predicted molar refractivity (Wildman–Crippen MR) is 56.0 cm³/mol. The molecule has 2 heterocycles. The van der Waals surface area contributed by atoms with Crippen molar-refractivity contribution in [3.8, 4) is 0 Å². The summed E-state index contributed by atoms with van der Waals surface area (Å²) in [5.74, 6) is 1.05. The molecule has 0 radical (unpaired) electrons. The standard InChI is InChI=1S/C9H12ClNOS/c10-9(12)11-5-6-1-3-7(4-2-6)8(11)13/h6-7H,1-5H2. The smallest absolute Gasteiger partial charge is 0.292 e. The zero-order valence-corrected chi connectivity index (χ0v) is 8.90. The SMILES string of the molecule is O=C(Cl)N1CC2CCC(CC2)C1=S. The summed E-state index contributed by atoms with van der Waals surface area (Å²) in [6, 6.07) is 0. The van der Waals surface area contributed by atoms with Crippen LogP contribution in [0.1, 0.15) is 25.7 Å². The van der Waals surface area contributed by atoms with Crippen molar-refractivity contribution >= 4 is 34.2 Å². The van der Waals surface area contributed by atoms with E-state index in [0.29, 0.717) is 11.8 Å². The lowest BCUT2D eigenvalue weighted by Gasteiger charge is -2.21. The average molecular weight is 218 g/mol. The van der Waals surface area contributed by atoms with Gasteiger partial charge in [-0.1, -0.05) is 12.2 Å². The number of thiocarbonyl (C=S) groups is 1. The van der Waals surface area contributed by atoms with Crippen LogP contribution in [0.2, 0.25) is 0 Å². The molecule has 1 aliphatic carbocycles. The number of halogens is 1. The van der Waals surface area contributed by atoms with E-state index in [4.69, 9.17) is 23.8 Å². The number of nitrogens with zero attached hydrogens (tertiary/aromatic N) is 1. The van der Waals surface area contributed by atoms with Gasteiger partial charge in [-0.2, -0.15) is 0 Å². The number of hydrogen-bond acceptors (Lipinski definition) is 2. The van der Waals surface area contributed by atoms with Crippen LogP contribution in [0.5, 0.6) is 0 Å². The molecule has 0 N–H and O–H groups in total. The van der Waals surface area contributed by atoms with Crippen molar-refractivity contribution < 1.29 is 4.79 Å². The van der Waals surface area contributed by atoms with Crippen LogP contribution in [0, 0.1) is 11.8 Å². The maximum Gasteiger partial charge on any atom is 0.321 e. The van der Waals surface area contributed by atoms with E-state index >= 15 is 0 Å². The van der Waals surface area contributed by atoms with E-state index in [-0.39, 0.29) is 0 Å². The highest BCUT2D eigenvalue weighted by molar-refractivity contribution is 7.80. The maximum absolute atomic E-state index is 11.1. The topological polar surface area (TPSA) is 20.3 Å². The molecule has 0 aromatic rings. The monoisotopic (exact) mass is 217 g/mol. The molecule has 3 fully saturated rings. The fraction of sp³-hybridized carbons (Fsp3) is 0.778. The Balaban J connectivity index is 2.22. The Hall–Kier alpha value is -0.150. The van der Waals surface area contributed by atoms with Crippen molar-refractivity contribution in [3.63, 3.8) is 0 Å². The molecule has 0 aromatic carbocycles. The molecule has 0 atom stereocenters. The largest absolute Gasteiger partial charge is 0.321 e. The molecule has 0 aromatic heterocycles. The molecular weight excluding hydrogens is 206 g/mol. The third-order valence-corrected chi connectivity index (χ3v) is 3.87. The van der Waals surface area contributed by atoms with Crippen LogP contribution in [0.3, 0.4) is 0 Å². The molecule has 3 rings (SSSR count). The highest BCUT2D eigenvalue weighted by Gasteiger charge is 2.34. The van der Waals surface area contributed by atoms with Crippen LogP contribution in [-0.4, -0.2) is 21.8 Å². The highest BCUT2D eigenvalue weighted by Crippen LogP contribution is 2.35. The molecule has 72 valence electrons. The number of hydrogen-bond donors (Lipinski definition) is 0. The molecule has 1 amide bonds. The van der Waals surface area contributed by atoms with Crippen LogP contribution < -0.4 is 0 Å². The molecule has 1 saturated carbocycles. The zero-order chi connectivity index (χ0) is 9.42. The van der Waals surface area contributed by atoms with Crippen molar-refractivity contribution in [2.24, 2.45) is 11.8 Å². The second-order valence-corrected chi connectivity index (χ2v) is 4.66. The van der Waals surface area contributed by atoms with Gasteiger partial charge in [0.1, 0.15) is 0 Å². The fourth-order valence-electron chi connectivity index (χ4n) is 2.32. The summed E-state index contributed by atoms with van der Waals surface area (Å²) in [6.45, 7) is 0.748. The van der Waals surface area contributed by atoms with Crippen molar-refractivity contribution in [2.75, 3.05) is 6.54 Å². The van der Waals surface area contributed by atoms with E-state index < -0.39 is 5.37 Å². The minimum Gasteiger partial charge on any atom is -0.292 e. The van der Waals surface area contributed by atoms with E-state index in [9.17, 15) is 4.79 Å². The van der Waals surface area contributed by atoms with Gasteiger partial charge in [-0.05, 0) is 43.2 Å². The Labute approximate surface area is 88.2 Å². The van der Waals surface area contributed by atoms with Crippen LogP contribution in [0.15, 0.2) is 0 Å². The summed E-state index contributed by atoms with van der Waals surface area (Å²) in [5.41, 5.74) is 0. The minimum absolute atomic E-state index is 0.399. The molecule has 3 aliphatic rings. The molecule has 2 aliphatic heterocycles. The molecule has 0 spiro atoms. The molecule has 2 nitrogen and oxygen atoms in total. The van der Waals surface area contributed by atoms with E-state index in [2.05, 4.69) is 0 Å². The van der Waals surface area contributed by atoms with Gasteiger partial charge >= 0.3 is 5.37 Å². The third-order valence-electron chi connectivity index (χ3n) is 3.12. The van der Waals surface area contributed by atoms with Crippen LogP contribution >= 0.6 is 23.8 Å². The average Bonchev–Trinajstić information content (AvgIpc) is 2.36. The van der Waals surface area contributed by atoms with Crippen LogP contribution in [0.25, 0.3) is 0 Å². The van der Waals surface area contributed by atoms with E-state index in [1.807, 2.05) is 0 Å². The van der Waals surface area contributed by atoms with Crippen molar-refractivity contribution in [3.05, 3.63) is 0 Å². The molecule has 2 bridgehead atoms. The number of carbonyl (C=O) groups is 1. The number of carbonyl (C=O) groups excluding carboxylic acids is 1. The second kappa shape index (κ2) is 3.54. The lowest BCUT2D eigenvalue weighted by molar-refractivity contribution is 0.237. The van der Waals surface area contributed by atoms with Crippen LogP contribution in [0.4, 0.5) is 4.79 Å². The maximum atomic E-state index is 11.1. The Morgan fingerprint density at radius 3 is 2.54 bits per heavy atom. The molecule has 13 heavy (non-hydrogen) atoms. The number of rotatable bonds is 0. The summed E-state index contributed by atoms with van der Waals surface area (Å²) < 4.78 is 0. The van der Waals surface area contributed by atoms with Gasteiger partial charge in [-0.25, -0.2) is 0 Å². The predicted octanol–water partition coefficient (Wildman–Crippen LogP) is 2.79. The quantitative estimate of drug-likeness (QED) is 0.353. The Bertz CT molecular complexity index is 248. The Morgan fingerprint density at radius 2 is 2.00 bits per heavy atom. The molecule has 2 saturated heterocycles. The summed E-state index contributed by atoms with van der Waals surface area (Å²) in [5, 5.41) is -0.399. The highest BCUT2D eigenvalue weighted by atomic mass is 35.5. The Morgan fingerprint density at radius 1 is 1.38 bits per heavy atom. The van der Waals surface area contributed by atoms with Gasteiger partial charge in [0.15, 0.2) is 0 Å². The first-order chi connectivity index (χ1) is 6.18. The first-order valence-corrected chi connectivity index (χ1v) is 5.48. The lowest BCUT2D eigenvalue weighted by atomic mass is 9.84. The van der Waals surface area contributed by atoms with Crippen molar-refractivity contribution in [2.45, 2.75) is 25.7 Å². The fourth-order valence-corrected chi connectivity index (χ4v) is 2.92. The van der Waals surface area contributed by atoms with Crippen molar-refractivity contribution in [1.82, 2.24) is 4.90 Å². The van der Waals surface area contributed by atoms with Gasteiger partial charge in [0.2, 0.25) is 0 Å². The van der Waals surface area contributed by atoms with E-state index in [1.165, 1.54) is 12.8 Å². The summed E-state index contributed by atoms with van der Waals surface area (Å²) in [4.78, 5) is 13.5. The number of fused-ring (bicyclic) bond motifs is 4. The van der Waals surface area contributed by atoms with Gasteiger partial charge in [-0.15, -0.1) is 0 Å². The minimum atomic E-state index is -0.399. The van der Waals surface area contributed by atoms with Gasteiger partial charge in [-0.3, -0.25) is 9.69 Å². The second-order valence-electron chi connectivity index (χ2n) is 3.92. The Kier molecular flexibility index (Phi) is 2.56. The molecule has 0 unspecified atom stereocenters. The third kappa shape index (κ3) is 1.72. The normalized spacial score (nSPS) is 33.3.